The molecular weight excluding hydrogens is 192 g/mol. The van der Waals surface area contributed by atoms with Crippen molar-refractivity contribution in [3.8, 4) is 5.88 Å². The number of likely N-dealkylation sites (N-methyl/N-ethyl adjacent to an activating group) is 1. The van der Waals surface area contributed by atoms with Gasteiger partial charge in [-0.2, -0.15) is 4.98 Å². The van der Waals surface area contributed by atoms with E-state index in [1.165, 1.54) is 0 Å². The van der Waals surface area contributed by atoms with Crippen LogP contribution in [0.3, 0.4) is 0 Å². The molecule has 0 aliphatic rings. The molecule has 0 radical (unpaired) electrons. The number of aromatic nitrogens is 2. The molecule has 0 aliphatic heterocycles. The topological polar surface area (TPSA) is 64.3 Å². The van der Waals surface area contributed by atoms with Crippen LogP contribution in [0.5, 0.6) is 5.88 Å². The van der Waals surface area contributed by atoms with E-state index < -0.39 is 0 Å². The number of methoxy groups -OCH3 is 1. The fourth-order valence-corrected chi connectivity index (χ4v) is 1.33. The van der Waals surface area contributed by atoms with Crippen LogP contribution in [0.15, 0.2) is 6.07 Å². The maximum Gasteiger partial charge on any atom is 0.228 e. The van der Waals surface area contributed by atoms with Crippen molar-refractivity contribution in [1.82, 2.24) is 9.97 Å². The molecule has 1 heterocycles. The Balaban J connectivity index is 2.95. The molecule has 0 amide bonds. The number of nitrogens with zero attached hydrogens (tertiary/aromatic N) is 3. The second-order valence-electron chi connectivity index (χ2n) is 3.22. The summed E-state index contributed by atoms with van der Waals surface area (Å²) in [5.74, 6) is 1.27. The van der Waals surface area contributed by atoms with E-state index in [4.69, 9.17) is 10.5 Å². The van der Waals surface area contributed by atoms with Crippen molar-refractivity contribution in [2.24, 2.45) is 5.73 Å². The molecule has 0 spiro atoms. The quantitative estimate of drug-likeness (QED) is 0.770. The summed E-state index contributed by atoms with van der Waals surface area (Å²) in [4.78, 5) is 10.7. The van der Waals surface area contributed by atoms with E-state index in [9.17, 15) is 0 Å². The molecule has 0 bridgehead atoms. The highest BCUT2D eigenvalue weighted by molar-refractivity contribution is 5.34. The fourth-order valence-electron chi connectivity index (χ4n) is 1.33. The summed E-state index contributed by atoms with van der Waals surface area (Å²) in [6, 6.07) is 1.81. The van der Waals surface area contributed by atoms with Gasteiger partial charge >= 0.3 is 0 Å². The van der Waals surface area contributed by atoms with E-state index in [0.29, 0.717) is 18.4 Å². The summed E-state index contributed by atoms with van der Waals surface area (Å²) >= 11 is 0. The molecule has 1 aromatic heterocycles. The van der Waals surface area contributed by atoms with Crippen molar-refractivity contribution in [1.29, 1.82) is 0 Å². The van der Waals surface area contributed by atoms with Gasteiger partial charge in [0.15, 0.2) is 0 Å². The van der Waals surface area contributed by atoms with Crippen LogP contribution in [0.4, 0.5) is 5.95 Å². The molecule has 0 saturated carbocycles. The van der Waals surface area contributed by atoms with Crippen LogP contribution in [0, 0.1) is 6.92 Å². The summed E-state index contributed by atoms with van der Waals surface area (Å²) in [5.41, 5.74) is 6.42. The molecule has 0 saturated heterocycles. The lowest BCUT2D eigenvalue weighted by molar-refractivity contribution is 0.396. The molecule has 84 valence electrons. The highest BCUT2D eigenvalue weighted by Gasteiger charge is 2.08. The highest BCUT2D eigenvalue weighted by atomic mass is 16.5. The Bertz CT molecular complexity index is 316. The molecule has 5 nitrogen and oxygen atoms in total. The number of aryl methyl sites for hydroxylation is 1. The monoisotopic (exact) mass is 210 g/mol. The van der Waals surface area contributed by atoms with Gasteiger partial charge in [0.25, 0.3) is 0 Å². The molecule has 15 heavy (non-hydrogen) atoms. The van der Waals surface area contributed by atoms with E-state index in [1.807, 2.05) is 18.7 Å². The minimum absolute atomic E-state index is 0.591. The summed E-state index contributed by atoms with van der Waals surface area (Å²) in [6.45, 7) is 6.15. The highest BCUT2D eigenvalue weighted by Crippen LogP contribution is 2.14. The second kappa shape index (κ2) is 5.50. The molecule has 0 aliphatic carbocycles. The number of ether oxygens (including phenoxy) is 1. The minimum atomic E-state index is 0.591. The van der Waals surface area contributed by atoms with Crippen LogP contribution < -0.4 is 15.4 Å². The van der Waals surface area contributed by atoms with Crippen molar-refractivity contribution in [3.05, 3.63) is 11.8 Å². The molecule has 0 atom stereocenters. The molecule has 0 fully saturated rings. The first kappa shape index (κ1) is 11.7. The van der Waals surface area contributed by atoms with Crippen LogP contribution in [-0.2, 0) is 0 Å². The molecule has 5 heteroatoms. The predicted molar refractivity (Wildman–Crippen MR) is 60.3 cm³/mol. The Morgan fingerprint density at radius 2 is 2.20 bits per heavy atom. The SMILES string of the molecule is CCN(CCN)c1nc(C)cc(OC)n1. The van der Waals surface area contributed by atoms with Gasteiger partial charge in [-0.05, 0) is 13.8 Å². The normalized spacial score (nSPS) is 10.1. The first-order valence-corrected chi connectivity index (χ1v) is 5.06. The number of nitrogens with two attached hydrogens (primary N) is 1. The van der Waals surface area contributed by atoms with Crippen LogP contribution in [-0.4, -0.2) is 36.7 Å². The Morgan fingerprint density at radius 3 is 2.73 bits per heavy atom. The first-order valence-electron chi connectivity index (χ1n) is 5.06. The Labute approximate surface area is 90.3 Å². The largest absolute Gasteiger partial charge is 0.481 e. The molecule has 2 N–H and O–H groups in total. The Kier molecular flexibility index (Phi) is 4.30. The van der Waals surface area contributed by atoms with Gasteiger partial charge in [-0.3, -0.25) is 0 Å². The number of anilines is 1. The number of hydrogen-bond acceptors (Lipinski definition) is 5. The van der Waals surface area contributed by atoms with Crippen molar-refractivity contribution < 1.29 is 4.74 Å². The maximum absolute atomic E-state index is 5.52. The smallest absolute Gasteiger partial charge is 0.228 e. The lowest BCUT2D eigenvalue weighted by Gasteiger charge is -2.20. The zero-order valence-corrected chi connectivity index (χ0v) is 9.53. The third-order valence-corrected chi connectivity index (χ3v) is 2.09. The Morgan fingerprint density at radius 1 is 1.47 bits per heavy atom. The van der Waals surface area contributed by atoms with Crippen LogP contribution in [0.25, 0.3) is 0 Å². The van der Waals surface area contributed by atoms with Gasteiger partial charge < -0.3 is 15.4 Å². The average molecular weight is 210 g/mol. The molecule has 0 aromatic carbocycles. The van der Waals surface area contributed by atoms with Crippen molar-refractivity contribution in [3.63, 3.8) is 0 Å². The van der Waals surface area contributed by atoms with Gasteiger partial charge in [0.1, 0.15) is 0 Å². The summed E-state index contributed by atoms with van der Waals surface area (Å²) < 4.78 is 5.10. The summed E-state index contributed by atoms with van der Waals surface area (Å²) in [5, 5.41) is 0. The van der Waals surface area contributed by atoms with E-state index in [-0.39, 0.29) is 0 Å². The lowest BCUT2D eigenvalue weighted by atomic mass is 10.4. The fraction of sp³-hybridized carbons (Fsp3) is 0.600. The van der Waals surface area contributed by atoms with Crippen LogP contribution in [0.2, 0.25) is 0 Å². The van der Waals surface area contributed by atoms with Gasteiger partial charge in [-0.15, -0.1) is 0 Å². The molecular formula is C10H18N4O. The number of hydrogen-bond donors (Lipinski definition) is 1. The minimum Gasteiger partial charge on any atom is -0.481 e. The zero-order chi connectivity index (χ0) is 11.3. The van der Waals surface area contributed by atoms with Crippen LogP contribution in [0.1, 0.15) is 12.6 Å². The zero-order valence-electron chi connectivity index (χ0n) is 9.53. The summed E-state index contributed by atoms with van der Waals surface area (Å²) in [7, 11) is 1.60. The van der Waals surface area contributed by atoms with Gasteiger partial charge in [0.2, 0.25) is 11.8 Å². The third-order valence-electron chi connectivity index (χ3n) is 2.09. The molecule has 1 aromatic rings. The van der Waals surface area contributed by atoms with E-state index >= 15 is 0 Å². The van der Waals surface area contributed by atoms with Crippen molar-refractivity contribution in [2.45, 2.75) is 13.8 Å². The van der Waals surface area contributed by atoms with Crippen molar-refractivity contribution >= 4 is 5.95 Å². The van der Waals surface area contributed by atoms with Gasteiger partial charge in [-0.1, -0.05) is 0 Å². The van der Waals surface area contributed by atoms with Crippen LogP contribution >= 0.6 is 0 Å². The standard InChI is InChI=1S/C10H18N4O/c1-4-14(6-5-11)10-12-8(2)7-9(13-10)15-3/h7H,4-6,11H2,1-3H3. The van der Waals surface area contributed by atoms with E-state index in [1.54, 1.807) is 13.2 Å². The predicted octanol–water partition coefficient (Wildman–Crippen LogP) is 0.579. The lowest BCUT2D eigenvalue weighted by Crippen LogP contribution is -2.30. The Hall–Kier alpha value is -1.36. The molecule has 1 rings (SSSR count). The van der Waals surface area contributed by atoms with Gasteiger partial charge in [-0.25, -0.2) is 4.98 Å². The third kappa shape index (κ3) is 3.06. The number of rotatable bonds is 5. The maximum atomic E-state index is 5.52. The van der Waals surface area contributed by atoms with Gasteiger partial charge in [0.05, 0.1) is 7.11 Å². The second-order valence-corrected chi connectivity index (χ2v) is 3.22. The van der Waals surface area contributed by atoms with Gasteiger partial charge in [0, 0.05) is 31.4 Å². The van der Waals surface area contributed by atoms with E-state index in [2.05, 4.69) is 9.97 Å². The molecule has 0 unspecified atom stereocenters. The summed E-state index contributed by atoms with van der Waals surface area (Å²) in [6.07, 6.45) is 0. The van der Waals surface area contributed by atoms with E-state index in [0.717, 1.165) is 18.8 Å². The average Bonchev–Trinajstić information content (AvgIpc) is 2.24. The first-order chi connectivity index (χ1) is 7.21. The van der Waals surface area contributed by atoms with Crippen molar-refractivity contribution in [2.75, 3.05) is 31.6 Å².